The maximum Gasteiger partial charge on any atom is 0.233 e. The number of aromatic nitrogens is 2. The van der Waals surface area contributed by atoms with Crippen LogP contribution >= 0.6 is 0 Å². The summed E-state index contributed by atoms with van der Waals surface area (Å²) in [5.74, 6) is 2.10. The zero-order chi connectivity index (χ0) is 23.3. The molecule has 0 spiro atoms. The fraction of sp³-hybridized carbons (Fsp3) is 0.655. The van der Waals surface area contributed by atoms with Crippen molar-refractivity contribution in [2.45, 2.75) is 104 Å². The molecule has 182 valence electrons. The lowest BCUT2D eigenvalue weighted by Crippen LogP contribution is -2.15. The van der Waals surface area contributed by atoms with Crippen molar-refractivity contribution < 1.29 is 9.13 Å². The van der Waals surface area contributed by atoms with Crippen molar-refractivity contribution >= 4 is 0 Å². The van der Waals surface area contributed by atoms with Gasteiger partial charge in [0.25, 0.3) is 0 Å². The van der Waals surface area contributed by atoms with Gasteiger partial charge in [-0.3, -0.25) is 0 Å². The zero-order valence-electron chi connectivity index (χ0n) is 20.8. The SMILES string of the molecule is CCCCCCOc1ccc(-c2ccc(CCC3CCC(CCCCC)CC3)c(F)c2)nn1. The third-order valence-corrected chi connectivity index (χ3v) is 7.24. The number of ether oxygens (including phenoxy) is 1. The number of aryl methyl sites for hydroxylation is 1. The van der Waals surface area contributed by atoms with Crippen molar-refractivity contribution in [3.63, 3.8) is 0 Å². The van der Waals surface area contributed by atoms with E-state index in [4.69, 9.17) is 4.74 Å². The standard InChI is InChI=1S/C29H43FN2O/c1-3-5-7-9-21-33-29-20-19-28(31-32-29)26-18-17-25(27(30)22-26)16-15-24-13-11-23(12-14-24)10-8-6-4-2/h17-20,22-24H,3-16,21H2,1-2H3. The number of nitrogens with zero attached hydrogens (tertiary/aromatic N) is 2. The van der Waals surface area contributed by atoms with E-state index in [0.717, 1.165) is 42.2 Å². The van der Waals surface area contributed by atoms with Crippen LogP contribution in [-0.2, 0) is 6.42 Å². The number of benzene rings is 1. The monoisotopic (exact) mass is 454 g/mol. The van der Waals surface area contributed by atoms with Gasteiger partial charge in [-0.15, -0.1) is 10.2 Å². The van der Waals surface area contributed by atoms with Crippen LogP contribution in [0.5, 0.6) is 5.88 Å². The van der Waals surface area contributed by atoms with Crippen molar-refractivity contribution in [1.82, 2.24) is 10.2 Å². The van der Waals surface area contributed by atoms with Crippen molar-refractivity contribution in [2.24, 2.45) is 11.8 Å². The van der Waals surface area contributed by atoms with Gasteiger partial charge < -0.3 is 4.74 Å². The molecule has 2 aromatic rings. The lowest BCUT2D eigenvalue weighted by Gasteiger charge is -2.28. The molecule has 0 unspecified atom stereocenters. The van der Waals surface area contributed by atoms with E-state index >= 15 is 0 Å². The molecule has 33 heavy (non-hydrogen) atoms. The van der Waals surface area contributed by atoms with Gasteiger partial charge in [-0.05, 0) is 48.8 Å². The van der Waals surface area contributed by atoms with Crippen molar-refractivity contribution in [3.8, 4) is 17.1 Å². The lowest BCUT2D eigenvalue weighted by molar-refractivity contribution is 0.248. The molecular weight excluding hydrogens is 411 g/mol. The number of unbranched alkanes of at least 4 members (excludes halogenated alkanes) is 5. The molecule has 1 aromatic carbocycles. The van der Waals surface area contributed by atoms with Crippen LogP contribution < -0.4 is 4.74 Å². The molecule has 0 N–H and O–H groups in total. The minimum absolute atomic E-state index is 0.126. The predicted octanol–water partition coefficient (Wildman–Crippen LogP) is 8.56. The predicted molar refractivity (Wildman–Crippen MR) is 135 cm³/mol. The molecule has 0 bridgehead atoms. The van der Waals surface area contributed by atoms with Crippen LogP contribution in [0.25, 0.3) is 11.3 Å². The minimum Gasteiger partial charge on any atom is -0.477 e. The molecule has 0 atom stereocenters. The molecule has 0 aliphatic heterocycles. The largest absolute Gasteiger partial charge is 0.477 e. The Kier molecular flexibility index (Phi) is 11.1. The summed E-state index contributed by atoms with van der Waals surface area (Å²) in [5.41, 5.74) is 2.27. The maximum absolute atomic E-state index is 14.8. The molecule has 0 radical (unpaired) electrons. The van der Waals surface area contributed by atoms with Crippen molar-refractivity contribution in [1.29, 1.82) is 0 Å². The van der Waals surface area contributed by atoms with Gasteiger partial charge >= 0.3 is 0 Å². The first kappa shape index (κ1) is 25.6. The Balaban J connectivity index is 1.43. The molecule has 1 aromatic heterocycles. The van der Waals surface area contributed by atoms with E-state index in [9.17, 15) is 4.39 Å². The van der Waals surface area contributed by atoms with E-state index in [-0.39, 0.29) is 5.82 Å². The fourth-order valence-electron chi connectivity index (χ4n) is 5.02. The third-order valence-electron chi connectivity index (χ3n) is 7.24. The van der Waals surface area contributed by atoms with E-state index < -0.39 is 0 Å². The second kappa shape index (κ2) is 14.3. The van der Waals surface area contributed by atoms with Crippen LogP contribution in [0.4, 0.5) is 4.39 Å². The summed E-state index contributed by atoms with van der Waals surface area (Å²) in [6, 6.07) is 9.20. The van der Waals surface area contributed by atoms with Crippen molar-refractivity contribution in [3.05, 3.63) is 41.7 Å². The molecule has 3 rings (SSSR count). The Hall–Kier alpha value is -1.97. The molecule has 1 heterocycles. The zero-order valence-corrected chi connectivity index (χ0v) is 20.8. The quantitative estimate of drug-likeness (QED) is 0.268. The minimum atomic E-state index is -0.126. The van der Waals surface area contributed by atoms with E-state index in [1.165, 1.54) is 70.6 Å². The molecule has 4 heteroatoms. The van der Waals surface area contributed by atoms with Crippen LogP contribution in [-0.4, -0.2) is 16.8 Å². The van der Waals surface area contributed by atoms with E-state index in [1.807, 2.05) is 24.3 Å². The Labute approximate surface area is 200 Å². The number of hydrogen-bond donors (Lipinski definition) is 0. The van der Waals surface area contributed by atoms with Gasteiger partial charge in [0.1, 0.15) is 5.82 Å². The second-order valence-corrected chi connectivity index (χ2v) is 9.89. The molecule has 1 saturated carbocycles. The Bertz CT molecular complexity index is 800. The van der Waals surface area contributed by atoms with Gasteiger partial charge in [-0.2, -0.15) is 0 Å². The fourth-order valence-corrected chi connectivity index (χ4v) is 5.02. The van der Waals surface area contributed by atoms with Gasteiger partial charge in [0.15, 0.2) is 0 Å². The van der Waals surface area contributed by atoms with Gasteiger partial charge in [-0.1, -0.05) is 96.6 Å². The van der Waals surface area contributed by atoms with Gasteiger partial charge in [0.05, 0.1) is 12.3 Å². The van der Waals surface area contributed by atoms with Crippen LogP contribution in [0, 0.1) is 17.7 Å². The lowest BCUT2D eigenvalue weighted by atomic mass is 9.77. The maximum atomic E-state index is 14.8. The Morgan fingerprint density at radius 3 is 2.21 bits per heavy atom. The number of rotatable bonds is 14. The highest BCUT2D eigenvalue weighted by Crippen LogP contribution is 2.34. The highest BCUT2D eigenvalue weighted by atomic mass is 19.1. The molecule has 1 aliphatic carbocycles. The molecular formula is C29H43FN2O. The van der Waals surface area contributed by atoms with Crippen LogP contribution in [0.3, 0.4) is 0 Å². The van der Waals surface area contributed by atoms with Crippen LogP contribution in [0.15, 0.2) is 30.3 Å². The second-order valence-electron chi connectivity index (χ2n) is 9.89. The molecule has 0 amide bonds. The number of hydrogen-bond acceptors (Lipinski definition) is 3. The summed E-state index contributed by atoms with van der Waals surface area (Å²) in [7, 11) is 0. The summed E-state index contributed by atoms with van der Waals surface area (Å²) >= 11 is 0. The highest BCUT2D eigenvalue weighted by molar-refractivity contribution is 5.59. The average Bonchev–Trinajstić information content (AvgIpc) is 2.84. The summed E-state index contributed by atoms with van der Waals surface area (Å²) < 4.78 is 20.5. The van der Waals surface area contributed by atoms with E-state index in [0.29, 0.717) is 18.2 Å². The summed E-state index contributed by atoms with van der Waals surface area (Å²) in [6.45, 7) is 5.14. The topological polar surface area (TPSA) is 35.0 Å². The Morgan fingerprint density at radius 1 is 0.818 bits per heavy atom. The Morgan fingerprint density at radius 2 is 1.55 bits per heavy atom. The first-order valence-electron chi connectivity index (χ1n) is 13.4. The van der Waals surface area contributed by atoms with Gasteiger partial charge in [-0.25, -0.2) is 4.39 Å². The van der Waals surface area contributed by atoms with Crippen LogP contribution in [0.1, 0.15) is 103 Å². The summed E-state index contributed by atoms with van der Waals surface area (Å²) in [4.78, 5) is 0. The average molecular weight is 455 g/mol. The summed E-state index contributed by atoms with van der Waals surface area (Å²) in [6.07, 6.45) is 17.4. The normalized spacial score (nSPS) is 18.4. The molecule has 3 nitrogen and oxygen atoms in total. The first-order chi connectivity index (χ1) is 16.2. The van der Waals surface area contributed by atoms with Gasteiger partial charge in [0.2, 0.25) is 5.88 Å². The van der Waals surface area contributed by atoms with E-state index in [2.05, 4.69) is 24.0 Å². The van der Waals surface area contributed by atoms with Crippen LogP contribution in [0.2, 0.25) is 0 Å². The third kappa shape index (κ3) is 8.72. The van der Waals surface area contributed by atoms with Crippen molar-refractivity contribution in [2.75, 3.05) is 6.61 Å². The molecule has 0 saturated heterocycles. The first-order valence-corrected chi connectivity index (χ1v) is 13.4. The smallest absolute Gasteiger partial charge is 0.233 e. The molecule has 1 aliphatic rings. The number of halogens is 1. The molecule has 1 fully saturated rings. The van der Waals surface area contributed by atoms with E-state index in [1.54, 1.807) is 6.07 Å². The van der Waals surface area contributed by atoms with Gasteiger partial charge in [0, 0.05) is 11.6 Å². The highest BCUT2D eigenvalue weighted by Gasteiger charge is 2.21. The summed E-state index contributed by atoms with van der Waals surface area (Å²) in [5, 5.41) is 8.40.